The molecule has 1 fully saturated rings. The second-order valence-electron chi connectivity index (χ2n) is 5.06. The number of hydrogen-bond acceptors (Lipinski definition) is 1. The molecule has 2 unspecified atom stereocenters. The van der Waals surface area contributed by atoms with Gasteiger partial charge in [-0.05, 0) is 30.6 Å². The first-order valence-corrected chi connectivity index (χ1v) is 5.04. The molecule has 0 radical (unpaired) electrons. The average molecular weight is 177 g/mol. The highest BCUT2D eigenvalue weighted by Crippen LogP contribution is 2.48. The molecule has 0 bridgehead atoms. The standard InChI is InChI=1S/C12H19N/c1-9(2)6-12(4)7-10(3)5-11(12)8-13/h9,11H,3,5-7H2,1-2,4H3. The second-order valence-corrected chi connectivity index (χ2v) is 5.06. The first-order valence-electron chi connectivity index (χ1n) is 5.04. The van der Waals surface area contributed by atoms with Crippen molar-refractivity contribution in [1.82, 2.24) is 0 Å². The predicted molar refractivity (Wildman–Crippen MR) is 55.0 cm³/mol. The maximum Gasteiger partial charge on any atom is 0.0665 e. The zero-order chi connectivity index (χ0) is 10.1. The van der Waals surface area contributed by atoms with Crippen molar-refractivity contribution in [2.45, 2.75) is 40.0 Å². The van der Waals surface area contributed by atoms with Crippen molar-refractivity contribution in [2.24, 2.45) is 17.3 Å². The van der Waals surface area contributed by atoms with Gasteiger partial charge < -0.3 is 0 Å². The van der Waals surface area contributed by atoms with Crippen LogP contribution in [0.1, 0.15) is 40.0 Å². The van der Waals surface area contributed by atoms with E-state index in [1.165, 1.54) is 5.57 Å². The quantitative estimate of drug-likeness (QED) is 0.592. The molecule has 0 N–H and O–H groups in total. The van der Waals surface area contributed by atoms with Crippen molar-refractivity contribution in [3.63, 3.8) is 0 Å². The number of allylic oxidation sites excluding steroid dienone is 1. The Kier molecular flexibility index (Phi) is 2.81. The third kappa shape index (κ3) is 2.12. The first-order chi connectivity index (χ1) is 5.98. The van der Waals surface area contributed by atoms with Crippen LogP contribution >= 0.6 is 0 Å². The van der Waals surface area contributed by atoms with Gasteiger partial charge in [-0.15, -0.1) is 0 Å². The van der Waals surface area contributed by atoms with Crippen LogP contribution in [-0.4, -0.2) is 0 Å². The number of hydrogen-bond donors (Lipinski definition) is 0. The molecule has 13 heavy (non-hydrogen) atoms. The fraction of sp³-hybridized carbons (Fsp3) is 0.750. The van der Waals surface area contributed by atoms with E-state index in [9.17, 15) is 0 Å². The zero-order valence-corrected chi connectivity index (χ0v) is 8.93. The lowest BCUT2D eigenvalue weighted by Crippen LogP contribution is -2.22. The summed E-state index contributed by atoms with van der Waals surface area (Å²) in [6, 6.07) is 2.43. The Morgan fingerprint density at radius 2 is 2.31 bits per heavy atom. The molecule has 0 aliphatic heterocycles. The predicted octanol–water partition coefficient (Wildman–Crippen LogP) is 3.53. The van der Waals surface area contributed by atoms with E-state index >= 15 is 0 Å². The highest BCUT2D eigenvalue weighted by atomic mass is 14.5. The van der Waals surface area contributed by atoms with Gasteiger partial charge in [0.05, 0.1) is 12.0 Å². The molecule has 2 atom stereocenters. The Morgan fingerprint density at radius 3 is 2.77 bits per heavy atom. The topological polar surface area (TPSA) is 23.8 Å². The molecule has 0 saturated heterocycles. The molecular weight excluding hydrogens is 158 g/mol. The van der Waals surface area contributed by atoms with Crippen LogP contribution in [0.15, 0.2) is 12.2 Å². The Balaban J connectivity index is 2.76. The number of nitriles is 1. The van der Waals surface area contributed by atoms with Crippen molar-refractivity contribution in [3.8, 4) is 6.07 Å². The van der Waals surface area contributed by atoms with Crippen molar-refractivity contribution in [2.75, 3.05) is 0 Å². The monoisotopic (exact) mass is 177 g/mol. The maximum atomic E-state index is 9.04. The molecule has 0 heterocycles. The number of rotatable bonds is 2. The van der Waals surface area contributed by atoms with E-state index in [1.807, 2.05) is 0 Å². The van der Waals surface area contributed by atoms with Gasteiger partial charge in [0.1, 0.15) is 0 Å². The Bertz CT molecular complexity index is 246. The molecule has 0 aromatic heterocycles. The van der Waals surface area contributed by atoms with Crippen LogP contribution in [0.5, 0.6) is 0 Å². The van der Waals surface area contributed by atoms with Crippen molar-refractivity contribution in [1.29, 1.82) is 5.26 Å². The van der Waals surface area contributed by atoms with Crippen molar-refractivity contribution < 1.29 is 0 Å². The van der Waals surface area contributed by atoms with Crippen LogP contribution in [0.4, 0.5) is 0 Å². The molecule has 0 amide bonds. The first kappa shape index (κ1) is 10.3. The van der Waals surface area contributed by atoms with E-state index in [2.05, 4.69) is 33.4 Å². The Hall–Kier alpha value is -0.770. The Labute approximate surface area is 81.5 Å². The van der Waals surface area contributed by atoms with E-state index in [1.54, 1.807) is 0 Å². The SMILES string of the molecule is C=C1CC(C#N)C(C)(CC(C)C)C1. The zero-order valence-electron chi connectivity index (χ0n) is 8.93. The lowest BCUT2D eigenvalue weighted by atomic mass is 9.74. The summed E-state index contributed by atoms with van der Waals surface area (Å²) in [5.74, 6) is 0.870. The van der Waals surface area contributed by atoms with Gasteiger partial charge in [0.25, 0.3) is 0 Å². The molecule has 0 aromatic rings. The molecule has 1 saturated carbocycles. The van der Waals surface area contributed by atoms with E-state index in [0.717, 1.165) is 19.3 Å². The maximum absolute atomic E-state index is 9.04. The summed E-state index contributed by atoms with van der Waals surface area (Å²) in [6.45, 7) is 10.7. The van der Waals surface area contributed by atoms with Crippen LogP contribution in [0.3, 0.4) is 0 Å². The third-order valence-corrected chi connectivity index (χ3v) is 3.02. The van der Waals surface area contributed by atoms with Gasteiger partial charge in [-0.2, -0.15) is 5.26 Å². The minimum atomic E-state index is 0.194. The third-order valence-electron chi connectivity index (χ3n) is 3.02. The van der Waals surface area contributed by atoms with Gasteiger partial charge in [-0.25, -0.2) is 0 Å². The van der Waals surface area contributed by atoms with Crippen LogP contribution < -0.4 is 0 Å². The van der Waals surface area contributed by atoms with Crippen LogP contribution in [0.2, 0.25) is 0 Å². The minimum Gasteiger partial charge on any atom is -0.198 e. The van der Waals surface area contributed by atoms with E-state index < -0.39 is 0 Å². The normalized spacial score (nSPS) is 33.8. The Morgan fingerprint density at radius 1 is 1.69 bits per heavy atom. The highest BCUT2D eigenvalue weighted by Gasteiger charge is 2.40. The summed E-state index contributed by atoms with van der Waals surface area (Å²) in [5, 5.41) is 9.04. The van der Waals surface area contributed by atoms with Crippen LogP contribution in [-0.2, 0) is 0 Å². The summed E-state index contributed by atoms with van der Waals surface area (Å²) >= 11 is 0. The van der Waals surface area contributed by atoms with Gasteiger partial charge in [0, 0.05) is 0 Å². The largest absolute Gasteiger partial charge is 0.198 e. The molecule has 72 valence electrons. The highest BCUT2D eigenvalue weighted by molar-refractivity contribution is 5.16. The van der Waals surface area contributed by atoms with Crippen molar-refractivity contribution >= 4 is 0 Å². The summed E-state index contributed by atoms with van der Waals surface area (Å²) in [4.78, 5) is 0. The van der Waals surface area contributed by atoms with Crippen LogP contribution in [0.25, 0.3) is 0 Å². The summed E-state index contributed by atoms with van der Waals surface area (Å²) < 4.78 is 0. The van der Waals surface area contributed by atoms with Gasteiger partial charge in [-0.3, -0.25) is 0 Å². The molecule has 0 aromatic carbocycles. The van der Waals surface area contributed by atoms with Gasteiger partial charge in [0.15, 0.2) is 0 Å². The molecule has 1 rings (SSSR count). The molecular formula is C12H19N. The molecule has 1 heteroatoms. The lowest BCUT2D eigenvalue weighted by molar-refractivity contribution is 0.222. The van der Waals surface area contributed by atoms with Gasteiger partial charge in [0.2, 0.25) is 0 Å². The van der Waals surface area contributed by atoms with Gasteiger partial charge in [-0.1, -0.05) is 32.9 Å². The molecule has 1 aliphatic rings. The minimum absolute atomic E-state index is 0.194. The van der Waals surface area contributed by atoms with E-state index in [4.69, 9.17) is 5.26 Å². The van der Waals surface area contributed by atoms with Gasteiger partial charge >= 0.3 is 0 Å². The average Bonchev–Trinajstić information content (AvgIpc) is 2.23. The summed E-state index contributed by atoms with van der Waals surface area (Å²) in [6.07, 6.45) is 3.10. The lowest BCUT2D eigenvalue weighted by Gasteiger charge is -2.28. The molecule has 1 nitrogen and oxygen atoms in total. The van der Waals surface area contributed by atoms with E-state index in [0.29, 0.717) is 5.92 Å². The van der Waals surface area contributed by atoms with E-state index in [-0.39, 0.29) is 11.3 Å². The van der Waals surface area contributed by atoms with Crippen LogP contribution in [0, 0.1) is 28.6 Å². The smallest absolute Gasteiger partial charge is 0.0665 e. The second kappa shape index (κ2) is 3.54. The fourth-order valence-corrected chi connectivity index (χ4v) is 2.65. The summed E-state index contributed by atoms with van der Waals surface area (Å²) in [7, 11) is 0. The van der Waals surface area contributed by atoms with Crippen molar-refractivity contribution in [3.05, 3.63) is 12.2 Å². The summed E-state index contributed by atoms with van der Waals surface area (Å²) in [5.41, 5.74) is 1.45. The molecule has 0 spiro atoms. The fourth-order valence-electron chi connectivity index (χ4n) is 2.65. The molecule has 1 aliphatic carbocycles. The number of nitrogens with zero attached hydrogens (tertiary/aromatic N) is 1.